The molecule has 0 saturated carbocycles. The first kappa shape index (κ1) is 14.0. The lowest BCUT2D eigenvalue weighted by Crippen LogP contribution is -2.32. The first-order valence-electron chi connectivity index (χ1n) is 6.09. The lowest BCUT2D eigenvalue weighted by Gasteiger charge is -2.14. The first-order valence-corrected chi connectivity index (χ1v) is 6.09. The Morgan fingerprint density at radius 3 is 2.65 bits per heavy atom. The van der Waals surface area contributed by atoms with E-state index in [4.69, 9.17) is 9.84 Å². The summed E-state index contributed by atoms with van der Waals surface area (Å²) in [6, 6.07) is 4.35. The number of rotatable bonds is 6. The van der Waals surface area contributed by atoms with Crippen molar-refractivity contribution in [1.29, 1.82) is 0 Å². The molecule has 3 nitrogen and oxygen atoms in total. The van der Waals surface area contributed by atoms with E-state index in [1.807, 2.05) is 6.92 Å². The molecule has 0 fully saturated rings. The van der Waals surface area contributed by atoms with Gasteiger partial charge < -0.3 is 15.2 Å². The number of hydrogen-bond acceptors (Lipinski definition) is 3. The minimum Gasteiger partial charge on any atom is -0.492 e. The number of ether oxygens (including phenoxy) is 1. The third-order valence-electron chi connectivity index (χ3n) is 2.89. The molecule has 1 atom stereocenters. The third-order valence-corrected chi connectivity index (χ3v) is 2.89. The standard InChI is InChI=1S/C14H23NO2/c1-10-7-11(2)13(4)14(8-10)17-6-5-15-12(3)9-16/h7-8,12,15-16H,5-6,9H2,1-4H3. The average molecular weight is 237 g/mol. The Labute approximate surface area is 104 Å². The summed E-state index contributed by atoms with van der Waals surface area (Å²) >= 11 is 0. The normalized spacial score (nSPS) is 12.5. The van der Waals surface area contributed by atoms with Gasteiger partial charge in [0.15, 0.2) is 0 Å². The van der Waals surface area contributed by atoms with Crippen molar-refractivity contribution in [3.8, 4) is 5.75 Å². The molecule has 96 valence electrons. The Bertz CT molecular complexity index is 363. The van der Waals surface area contributed by atoms with Crippen molar-refractivity contribution in [1.82, 2.24) is 5.32 Å². The van der Waals surface area contributed by atoms with Gasteiger partial charge in [-0.05, 0) is 50.5 Å². The monoisotopic (exact) mass is 237 g/mol. The van der Waals surface area contributed by atoms with Crippen molar-refractivity contribution < 1.29 is 9.84 Å². The number of aryl methyl sites for hydroxylation is 2. The summed E-state index contributed by atoms with van der Waals surface area (Å²) in [5.41, 5.74) is 3.68. The molecular weight excluding hydrogens is 214 g/mol. The summed E-state index contributed by atoms with van der Waals surface area (Å²) in [4.78, 5) is 0. The molecule has 3 heteroatoms. The predicted molar refractivity (Wildman–Crippen MR) is 70.7 cm³/mol. The van der Waals surface area contributed by atoms with Gasteiger partial charge in [-0.25, -0.2) is 0 Å². The molecule has 0 amide bonds. The second-order valence-corrected chi connectivity index (χ2v) is 4.59. The Hall–Kier alpha value is -1.06. The van der Waals surface area contributed by atoms with E-state index >= 15 is 0 Å². The van der Waals surface area contributed by atoms with E-state index in [0.29, 0.717) is 6.61 Å². The summed E-state index contributed by atoms with van der Waals surface area (Å²) in [5.74, 6) is 0.959. The number of nitrogens with one attached hydrogen (secondary N) is 1. The molecule has 2 N–H and O–H groups in total. The van der Waals surface area contributed by atoms with Gasteiger partial charge >= 0.3 is 0 Å². The summed E-state index contributed by atoms with van der Waals surface area (Å²) < 4.78 is 5.75. The molecule has 1 unspecified atom stereocenters. The fraction of sp³-hybridized carbons (Fsp3) is 0.571. The summed E-state index contributed by atoms with van der Waals surface area (Å²) in [5, 5.41) is 12.0. The maximum Gasteiger partial charge on any atom is 0.122 e. The van der Waals surface area contributed by atoms with Crippen molar-refractivity contribution in [2.45, 2.75) is 33.7 Å². The van der Waals surface area contributed by atoms with Gasteiger partial charge in [-0.3, -0.25) is 0 Å². The Kier molecular flexibility index (Phi) is 5.45. The zero-order chi connectivity index (χ0) is 12.8. The topological polar surface area (TPSA) is 41.5 Å². The minimum atomic E-state index is 0.124. The fourth-order valence-electron chi connectivity index (χ4n) is 1.68. The van der Waals surface area contributed by atoms with Crippen LogP contribution in [0.4, 0.5) is 0 Å². The van der Waals surface area contributed by atoms with E-state index in [2.05, 4.69) is 38.2 Å². The van der Waals surface area contributed by atoms with Crippen LogP contribution < -0.4 is 10.1 Å². The molecule has 1 aromatic carbocycles. The fourth-order valence-corrected chi connectivity index (χ4v) is 1.68. The molecule has 0 heterocycles. The minimum absolute atomic E-state index is 0.124. The van der Waals surface area contributed by atoms with Crippen LogP contribution in [-0.2, 0) is 0 Å². The smallest absolute Gasteiger partial charge is 0.122 e. The third kappa shape index (κ3) is 4.36. The van der Waals surface area contributed by atoms with Crippen LogP contribution in [-0.4, -0.2) is 30.9 Å². The van der Waals surface area contributed by atoms with E-state index in [0.717, 1.165) is 12.3 Å². The highest BCUT2D eigenvalue weighted by Crippen LogP contribution is 2.22. The summed E-state index contributed by atoms with van der Waals surface area (Å²) in [6.45, 7) is 9.72. The predicted octanol–water partition coefficient (Wildman–Crippen LogP) is 1.96. The molecule has 0 radical (unpaired) electrons. The summed E-state index contributed by atoms with van der Waals surface area (Å²) in [6.07, 6.45) is 0. The number of aliphatic hydroxyl groups is 1. The van der Waals surface area contributed by atoms with Crippen LogP contribution in [0.2, 0.25) is 0 Å². The van der Waals surface area contributed by atoms with Gasteiger partial charge in [-0.2, -0.15) is 0 Å². The zero-order valence-corrected chi connectivity index (χ0v) is 11.2. The van der Waals surface area contributed by atoms with E-state index in [1.54, 1.807) is 0 Å². The van der Waals surface area contributed by atoms with Crippen LogP contribution in [0.3, 0.4) is 0 Å². The quantitative estimate of drug-likeness (QED) is 0.743. The number of aliphatic hydroxyl groups excluding tert-OH is 1. The van der Waals surface area contributed by atoms with E-state index in [9.17, 15) is 0 Å². The summed E-state index contributed by atoms with van der Waals surface area (Å²) in [7, 11) is 0. The van der Waals surface area contributed by atoms with Crippen LogP contribution in [0.5, 0.6) is 5.75 Å². The van der Waals surface area contributed by atoms with Gasteiger partial charge in [-0.15, -0.1) is 0 Å². The zero-order valence-electron chi connectivity index (χ0n) is 11.2. The van der Waals surface area contributed by atoms with E-state index in [1.165, 1.54) is 16.7 Å². The second-order valence-electron chi connectivity index (χ2n) is 4.59. The molecule has 0 saturated heterocycles. The van der Waals surface area contributed by atoms with Gasteiger partial charge in [0.25, 0.3) is 0 Å². The molecule has 17 heavy (non-hydrogen) atoms. The molecule has 0 aromatic heterocycles. The largest absolute Gasteiger partial charge is 0.492 e. The molecule has 0 aliphatic rings. The van der Waals surface area contributed by atoms with E-state index < -0.39 is 0 Å². The van der Waals surface area contributed by atoms with Gasteiger partial charge in [0, 0.05) is 12.6 Å². The average Bonchev–Trinajstić information content (AvgIpc) is 2.30. The van der Waals surface area contributed by atoms with Crippen molar-refractivity contribution in [2.24, 2.45) is 0 Å². The number of hydrogen-bond donors (Lipinski definition) is 2. The van der Waals surface area contributed by atoms with Crippen LogP contribution in [0.25, 0.3) is 0 Å². The Morgan fingerprint density at radius 2 is 2.00 bits per heavy atom. The molecule has 0 bridgehead atoms. The van der Waals surface area contributed by atoms with Gasteiger partial charge in [0.05, 0.1) is 6.61 Å². The molecule has 0 spiro atoms. The second kappa shape index (κ2) is 6.62. The first-order chi connectivity index (χ1) is 8.04. The maximum atomic E-state index is 8.86. The molecule has 1 rings (SSSR count). The molecule has 1 aromatic rings. The van der Waals surface area contributed by atoms with Gasteiger partial charge in [0.2, 0.25) is 0 Å². The van der Waals surface area contributed by atoms with Crippen LogP contribution in [0.1, 0.15) is 23.6 Å². The Morgan fingerprint density at radius 1 is 1.29 bits per heavy atom. The maximum absolute atomic E-state index is 8.86. The lowest BCUT2D eigenvalue weighted by atomic mass is 10.1. The highest BCUT2D eigenvalue weighted by Gasteiger charge is 2.04. The van der Waals surface area contributed by atoms with E-state index in [-0.39, 0.29) is 12.6 Å². The van der Waals surface area contributed by atoms with Crippen molar-refractivity contribution in [2.75, 3.05) is 19.8 Å². The van der Waals surface area contributed by atoms with Gasteiger partial charge in [0.1, 0.15) is 12.4 Å². The van der Waals surface area contributed by atoms with Crippen molar-refractivity contribution in [3.05, 3.63) is 28.8 Å². The van der Waals surface area contributed by atoms with Crippen LogP contribution in [0.15, 0.2) is 12.1 Å². The van der Waals surface area contributed by atoms with Crippen LogP contribution in [0, 0.1) is 20.8 Å². The van der Waals surface area contributed by atoms with Crippen molar-refractivity contribution in [3.63, 3.8) is 0 Å². The molecular formula is C14H23NO2. The van der Waals surface area contributed by atoms with Gasteiger partial charge in [-0.1, -0.05) is 6.07 Å². The lowest BCUT2D eigenvalue weighted by molar-refractivity contribution is 0.239. The highest BCUT2D eigenvalue weighted by molar-refractivity contribution is 5.41. The molecule has 0 aliphatic heterocycles. The van der Waals surface area contributed by atoms with Crippen LogP contribution >= 0.6 is 0 Å². The molecule has 0 aliphatic carbocycles. The highest BCUT2D eigenvalue weighted by atomic mass is 16.5. The number of benzene rings is 1. The Balaban J connectivity index is 2.47. The van der Waals surface area contributed by atoms with Crippen molar-refractivity contribution >= 4 is 0 Å². The SMILES string of the molecule is Cc1cc(C)c(C)c(OCCNC(C)CO)c1.